The molecule has 0 saturated carbocycles. The number of hydrogen-bond acceptors (Lipinski definition) is 3. The molecule has 0 bridgehead atoms. The molecule has 84 valence electrons. The zero-order valence-electron chi connectivity index (χ0n) is 9.01. The second-order valence-corrected chi connectivity index (χ2v) is 3.54. The van der Waals surface area contributed by atoms with E-state index in [4.69, 9.17) is 16.3 Å². The van der Waals surface area contributed by atoms with E-state index >= 15 is 0 Å². The maximum absolute atomic E-state index is 9.60. The number of phenols is 1. The van der Waals surface area contributed by atoms with Crippen molar-refractivity contribution in [3.05, 3.63) is 22.7 Å². The molecule has 1 aromatic carbocycles. The zero-order valence-corrected chi connectivity index (χ0v) is 9.77. The first-order valence-corrected chi connectivity index (χ1v) is 5.41. The number of nitrogens with one attached hydrogen (secondary N) is 1. The van der Waals surface area contributed by atoms with Crippen molar-refractivity contribution in [3.8, 4) is 11.5 Å². The third-order valence-electron chi connectivity index (χ3n) is 1.97. The highest BCUT2D eigenvalue weighted by molar-refractivity contribution is 6.32. The molecule has 0 aliphatic carbocycles. The lowest BCUT2D eigenvalue weighted by molar-refractivity contribution is 0.318. The van der Waals surface area contributed by atoms with Gasteiger partial charge in [-0.05, 0) is 31.2 Å². The third kappa shape index (κ3) is 3.29. The monoisotopic (exact) mass is 229 g/mol. The van der Waals surface area contributed by atoms with Gasteiger partial charge in [0.2, 0.25) is 0 Å². The first kappa shape index (κ1) is 12.1. The topological polar surface area (TPSA) is 41.5 Å². The maximum atomic E-state index is 9.60. The van der Waals surface area contributed by atoms with E-state index in [1.807, 2.05) is 13.8 Å². The molecule has 0 unspecified atom stereocenters. The summed E-state index contributed by atoms with van der Waals surface area (Å²) >= 11 is 5.88. The van der Waals surface area contributed by atoms with Crippen LogP contribution in [-0.2, 0) is 6.54 Å². The van der Waals surface area contributed by atoms with Crippen LogP contribution in [0.3, 0.4) is 0 Å². The zero-order chi connectivity index (χ0) is 11.3. The highest BCUT2D eigenvalue weighted by Crippen LogP contribution is 2.35. The van der Waals surface area contributed by atoms with Crippen LogP contribution < -0.4 is 10.1 Å². The summed E-state index contributed by atoms with van der Waals surface area (Å²) in [7, 11) is 0. The van der Waals surface area contributed by atoms with Gasteiger partial charge in [-0.15, -0.1) is 0 Å². The van der Waals surface area contributed by atoms with Crippen molar-refractivity contribution in [2.45, 2.75) is 20.4 Å². The van der Waals surface area contributed by atoms with Gasteiger partial charge in [-0.1, -0.05) is 18.5 Å². The smallest absolute Gasteiger partial charge is 0.176 e. The normalized spacial score (nSPS) is 10.3. The molecule has 3 nitrogen and oxygen atoms in total. The van der Waals surface area contributed by atoms with Crippen LogP contribution in [0.4, 0.5) is 0 Å². The van der Waals surface area contributed by atoms with Crippen LogP contribution in [0.15, 0.2) is 12.1 Å². The molecule has 1 aromatic rings. The van der Waals surface area contributed by atoms with Gasteiger partial charge >= 0.3 is 0 Å². The van der Waals surface area contributed by atoms with Crippen LogP contribution in [0, 0.1) is 0 Å². The van der Waals surface area contributed by atoms with Gasteiger partial charge in [-0.3, -0.25) is 0 Å². The van der Waals surface area contributed by atoms with Crippen molar-refractivity contribution < 1.29 is 9.84 Å². The van der Waals surface area contributed by atoms with Crippen LogP contribution in [0.1, 0.15) is 19.4 Å². The Morgan fingerprint density at radius 3 is 2.73 bits per heavy atom. The summed E-state index contributed by atoms with van der Waals surface area (Å²) in [5.74, 6) is 0.455. The SMILES string of the molecule is CCNCc1cc(Cl)c(O)c(OCC)c1. The Morgan fingerprint density at radius 2 is 2.13 bits per heavy atom. The molecular formula is C11H16ClNO2. The number of ether oxygens (including phenoxy) is 1. The van der Waals surface area contributed by atoms with E-state index in [9.17, 15) is 5.11 Å². The molecule has 0 aromatic heterocycles. The molecule has 0 amide bonds. The molecule has 0 aliphatic heterocycles. The van der Waals surface area contributed by atoms with E-state index in [2.05, 4.69) is 5.32 Å². The van der Waals surface area contributed by atoms with Crippen LogP contribution in [0.2, 0.25) is 5.02 Å². The second kappa shape index (κ2) is 5.83. The van der Waals surface area contributed by atoms with Crippen LogP contribution >= 0.6 is 11.6 Å². The number of aromatic hydroxyl groups is 1. The fourth-order valence-electron chi connectivity index (χ4n) is 1.26. The van der Waals surface area contributed by atoms with E-state index < -0.39 is 0 Å². The molecule has 0 spiro atoms. The van der Waals surface area contributed by atoms with E-state index in [0.29, 0.717) is 17.4 Å². The molecule has 15 heavy (non-hydrogen) atoms. The number of benzene rings is 1. The standard InChI is InChI=1S/C11H16ClNO2/c1-3-13-7-8-5-9(12)11(14)10(6-8)15-4-2/h5-6,13-14H,3-4,7H2,1-2H3. The molecule has 0 radical (unpaired) electrons. The molecule has 2 N–H and O–H groups in total. The van der Waals surface area contributed by atoms with Crippen LogP contribution in [0.5, 0.6) is 11.5 Å². The van der Waals surface area contributed by atoms with Crippen molar-refractivity contribution in [2.24, 2.45) is 0 Å². The summed E-state index contributed by atoms with van der Waals surface area (Å²) in [4.78, 5) is 0. The number of phenolic OH excluding ortho intramolecular Hbond substituents is 1. The summed E-state index contributed by atoms with van der Waals surface area (Å²) in [6.07, 6.45) is 0. The van der Waals surface area contributed by atoms with E-state index in [1.54, 1.807) is 12.1 Å². The maximum Gasteiger partial charge on any atom is 0.176 e. The Labute approximate surface area is 95.0 Å². The molecular weight excluding hydrogens is 214 g/mol. The van der Waals surface area contributed by atoms with Gasteiger partial charge < -0.3 is 15.2 Å². The van der Waals surface area contributed by atoms with Gasteiger partial charge in [0.1, 0.15) is 0 Å². The van der Waals surface area contributed by atoms with Crippen molar-refractivity contribution in [3.63, 3.8) is 0 Å². The lowest BCUT2D eigenvalue weighted by Gasteiger charge is -2.10. The third-order valence-corrected chi connectivity index (χ3v) is 2.26. The van der Waals surface area contributed by atoms with Crippen molar-refractivity contribution in [2.75, 3.05) is 13.2 Å². The minimum absolute atomic E-state index is 0.0127. The fraction of sp³-hybridized carbons (Fsp3) is 0.455. The van der Waals surface area contributed by atoms with E-state index in [-0.39, 0.29) is 5.75 Å². The molecule has 0 atom stereocenters. The summed E-state index contributed by atoms with van der Waals surface area (Å²) in [5, 5.41) is 13.1. The highest BCUT2D eigenvalue weighted by Gasteiger charge is 2.08. The van der Waals surface area contributed by atoms with Gasteiger partial charge in [0.15, 0.2) is 11.5 Å². The molecule has 0 heterocycles. The van der Waals surface area contributed by atoms with Crippen LogP contribution in [0.25, 0.3) is 0 Å². The first-order chi connectivity index (χ1) is 7.19. The van der Waals surface area contributed by atoms with Gasteiger partial charge in [0.05, 0.1) is 11.6 Å². The number of halogens is 1. The Balaban J connectivity index is 2.90. The molecule has 0 fully saturated rings. The lowest BCUT2D eigenvalue weighted by Crippen LogP contribution is -2.11. The largest absolute Gasteiger partial charge is 0.503 e. The first-order valence-electron chi connectivity index (χ1n) is 5.03. The quantitative estimate of drug-likeness (QED) is 0.816. The van der Waals surface area contributed by atoms with Crippen molar-refractivity contribution >= 4 is 11.6 Å². The Hall–Kier alpha value is -0.930. The van der Waals surface area contributed by atoms with Gasteiger partial charge in [-0.25, -0.2) is 0 Å². The minimum atomic E-state index is 0.0127. The Morgan fingerprint density at radius 1 is 1.40 bits per heavy atom. The predicted octanol–water partition coefficient (Wildman–Crippen LogP) is 2.55. The number of hydrogen-bond donors (Lipinski definition) is 2. The lowest BCUT2D eigenvalue weighted by atomic mass is 10.2. The van der Waals surface area contributed by atoms with Gasteiger partial charge in [-0.2, -0.15) is 0 Å². The van der Waals surface area contributed by atoms with Crippen LogP contribution in [-0.4, -0.2) is 18.3 Å². The summed E-state index contributed by atoms with van der Waals surface area (Å²) < 4.78 is 5.28. The minimum Gasteiger partial charge on any atom is -0.503 e. The average Bonchev–Trinajstić information content (AvgIpc) is 2.22. The van der Waals surface area contributed by atoms with E-state index in [1.165, 1.54) is 0 Å². The average molecular weight is 230 g/mol. The highest BCUT2D eigenvalue weighted by atomic mass is 35.5. The molecule has 0 aliphatic rings. The van der Waals surface area contributed by atoms with E-state index in [0.717, 1.165) is 18.7 Å². The summed E-state index contributed by atoms with van der Waals surface area (Å²) in [6, 6.07) is 3.54. The number of rotatable bonds is 5. The molecule has 1 rings (SSSR count). The molecule has 0 saturated heterocycles. The Bertz CT molecular complexity index is 329. The fourth-order valence-corrected chi connectivity index (χ4v) is 1.50. The molecule has 4 heteroatoms. The Kier molecular flexibility index (Phi) is 4.72. The van der Waals surface area contributed by atoms with Crippen molar-refractivity contribution in [1.29, 1.82) is 0 Å². The van der Waals surface area contributed by atoms with Crippen molar-refractivity contribution in [1.82, 2.24) is 5.32 Å². The van der Waals surface area contributed by atoms with Gasteiger partial charge in [0, 0.05) is 6.54 Å². The summed E-state index contributed by atoms with van der Waals surface area (Å²) in [5.41, 5.74) is 1.00. The predicted molar refractivity (Wildman–Crippen MR) is 61.7 cm³/mol. The summed E-state index contributed by atoms with van der Waals surface area (Å²) in [6.45, 7) is 6.02. The second-order valence-electron chi connectivity index (χ2n) is 3.14. The van der Waals surface area contributed by atoms with Gasteiger partial charge in [0.25, 0.3) is 0 Å².